The highest BCUT2D eigenvalue weighted by Crippen LogP contribution is 2.34. The SMILES string of the molecule is O=C(NCc1ccccc1CO)Nc1ccccc1C(F)(F)F. The third kappa shape index (κ3) is 4.46. The maximum Gasteiger partial charge on any atom is 0.418 e. The number of aliphatic hydroxyl groups excluding tert-OH is 1. The van der Waals surface area contributed by atoms with Crippen LogP contribution < -0.4 is 10.6 Å². The van der Waals surface area contributed by atoms with E-state index in [9.17, 15) is 23.1 Å². The van der Waals surface area contributed by atoms with Crippen LogP contribution in [0.1, 0.15) is 16.7 Å². The van der Waals surface area contributed by atoms with E-state index in [0.717, 1.165) is 6.07 Å². The number of halogens is 3. The van der Waals surface area contributed by atoms with Crippen LogP contribution in [-0.4, -0.2) is 11.1 Å². The first kappa shape index (κ1) is 16.8. The molecule has 0 fully saturated rings. The molecule has 0 radical (unpaired) electrons. The Morgan fingerprint density at radius 2 is 1.61 bits per heavy atom. The number of alkyl halides is 3. The van der Waals surface area contributed by atoms with Crippen molar-refractivity contribution in [1.82, 2.24) is 5.32 Å². The van der Waals surface area contributed by atoms with E-state index in [-0.39, 0.29) is 18.8 Å². The molecule has 0 aliphatic carbocycles. The van der Waals surface area contributed by atoms with Gasteiger partial charge in [0.25, 0.3) is 0 Å². The Labute approximate surface area is 131 Å². The molecule has 7 heteroatoms. The van der Waals surface area contributed by atoms with Crippen molar-refractivity contribution in [3.63, 3.8) is 0 Å². The number of urea groups is 1. The summed E-state index contributed by atoms with van der Waals surface area (Å²) >= 11 is 0. The van der Waals surface area contributed by atoms with Crippen LogP contribution in [0.4, 0.5) is 23.7 Å². The smallest absolute Gasteiger partial charge is 0.392 e. The Balaban J connectivity index is 2.04. The van der Waals surface area contributed by atoms with Gasteiger partial charge in [-0.3, -0.25) is 0 Å². The molecule has 3 N–H and O–H groups in total. The lowest BCUT2D eigenvalue weighted by molar-refractivity contribution is -0.136. The van der Waals surface area contributed by atoms with Crippen LogP contribution in [-0.2, 0) is 19.3 Å². The second-order valence-corrected chi connectivity index (χ2v) is 4.78. The molecule has 0 unspecified atom stereocenters. The third-order valence-electron chi connectivity index (χ3n) is 3.21. The lowest BCUT2D eigenvalue weighted by atomic mass is 10.1. The van der Waals surface area contributed by atoms with Crippen molar-refractivity contribution in [3.05, 3.63) is 65.2 Å². The van der Waals surface area contributed by atoms with E-state index in [1.54, 1.807) is 24.3 Å². The highest BCUT2D eigenvalue weighted by molar-refractivity contribution is 5.90. The number of anilines is 1. The maximum atomic E-state index is 12.8. The first-order chi connectivity index (χ1) is 10.9. The van der Waals surface area contributed by atoms with Gasteiger partial charge in [-0.1, -0.05) is 36.4 Å². The van der Waals surface area contributed by atoms with Gasteiger partial charge in [0.15, 0.2) is 0 Å². The quantitative estimate of drug-likeness (QED) is 0.806. The number of nitrogens with one attached hydrogen (secondary N) is 2. The Kier molecular flexibility index (Phi) is 5.23. The molecule has 2 amide bonds. The molecule has 0 bridgehead atoms. The van der Waals surface area contributed by atoms with E-state index in [1.165, 1.54) is 18.2 Å². The van der Waals surface area contributed by atoms with Crippen LogP contribution >= 0.6 is 0 Å². The summed E-state index contributed by atoms with van der Waals surface area (Å²) in [6, 6.07) is 10.9. The molecule has 23 heavy (non-hydrogen) atoms. The van der Waals surface area contributed by atoms with Crippen molar-refractivity contribution < 1.29 is 23.1 Å². The summed E-state index contributed by atoms with van der Waals surface area (Å²) in [7, 11) is 0. The van der Waals surface area contributed by atoms with Gasteiger partial charge in [0, 0.05) is 6.54 Å². The minimum absolute atomic E-state index is 0.0940. The summed E-state index contributed by atoms with van der Waals surface area (Å²) in [5.74, 6) is 0. The minimum Gasteiger partial charge on any atom is -0.392 e. The number of hydrogen-bond donors (Lipinski definition) is 3. The van der Waals surface area contributed by atoms with Crippen LogP contribution in [0.5, 0.6) is 0 Å². The fourth-order valence-corrected chi connectivity index (χ4v) is 2.07. The van der Waals surface area contributed by atoms with Crippen molar-refractivity contribution in [2.24, 2.45) is 0 Å². The zero-order valence-electron chi connectivity index (χ0n) is 12.0. The normalized spacial score (nSPS) is 11.1. The van der Waals surface area contributed by atoms with Crippen LogP contribution in [0.2, 0.25) is 0 Å². The fourth-order valence-electron chi connectivity index (χ4n) is 2.07. The van der Waals surface area contributed by atoms with Gasteiger partial charge >= 0.3 is 12.2 Å². The third-order valence-corrected chi connectivity index (χ3v) is 3.21. The molecule has 2 aromatic rings. The molecule has 0 spiro atoms. The first-order valence-electron chi connectivity index (χ1n) is 6.80. The highest BCUT2D eigenvalue weighted by Gasteiger charge is 2.33. The average molecular weight is 324 g/mol. The Morgan fingerprint density at radius 3 is 2.26 bits per heavy atom. The number of carbonyl (C=O) groups is 1. The molecule has 0 atom stereocenters. The van der Waals surface area contributed by atoms with Crippen LogP contribution in [0, 0.1) is 0 Å². The Bertz CT molecular complexity index is 687. The van der Waals surface area contributed by atoms with Gasteiger partial charge in [0.2, 0.25) is 0 Å². The van der Waals surface area contributed by atoms with Gasteiger partial charge < -0.3 is 15.7 Å². The van der Waals surface area contributed by atoms with E-state index in [4.69, 9.17) is 0 Å². The van der Waals surface area contributed by atoms with Gasteiger partial charge in [-0.15, -0.1) is 0 Å². The largest absolute Gasteiger partial charge is 0.418 e. The molecular weight excluding hydrogens is 309 g/mol. The lowest BCUT2D eigenvalue weighted by Gasteiger charge is -2.14. The summed E-state index contributed by atoms with van der Waals surface area (Å²) in [5.41, 5.74) is 0.108. The molecular formula is C16H15F3N2O2. The second-order valence-electron chi connectivity index (χ2n) is 4.78. The fraction of sp³-hybridized carbons (Fsp3) is 0.188. The monoisotopic (exact) mass is 324 g/mol. The molecule has 0 aromatic heterocycles. The number of aliphatic hydroxyl groups is 1. The van der Waals surface area contributed by atoms with E-state index >= 15 is 0 Å². The van der Waals surface area contributed by atoms with Gasteiger partial charge in [-0.05, 0) is 23.3 Å². The summed E-state index contributed by atoms with van der Waals surface area (Å²) < 4.78 is 38.5. The van der Waals surface area contributed by atoms with E-state index in [0.29, 0.717) is 11.1 Å². The number of para-hydroxylation sites is 1. The number of hydrogen-bond acceptors (Lipinski definition) is 2. The molecule has 0 aliphatic heterocycles. The van der Waals surface area contributed by atoms with Crippen LogP contribution in [0.25, 0.3) is 0 Å². The molecule has 2 aromatic carbocycles. The van der Waals surface area contributed by atoms with Crippen molar-refractivity contribution >= 4 is 11.7 Å². The highest BCUT2D eigenvalue weighted by atomic mass is 19.4. The average Bonchev–Trinajstić information content (AvgIpc) is 2.52. The number of rotatable bonds is 4. The predicted molar refractivity (Wildman–Crippen MR) is 79.7 cm³/mol. The van der Waals surface area contributed by atoms with Gasteiger partial charge in [-0.25, -0.2) is 4.79 Å². The van der Waals surface area contributed by atoms with E-state index < -0.39 is 17.8 Å². The summed E-state index contributed by atoms with van der Waals surface area (Å²) in [6.07, 6.45) is -4.55. The lowest BCUT2D eigenvalue weighted by Crippen LogP contribution is -2.29. The molecule has 0 aliphatic rings. The first-order valence-corrected chi connectivity index (χ1v) is 6.80. The summed E-state index contributed by atoms with van der Waals surface area (Å²) in [5, 5.41) is 13.9. The summed E-state index contributed by atoms with van der Waals surface area (Å²) in [4.78, 5) is 11.8. The van der Waals surface area contributed by atoms with Crippen LogP contribution in [0.15, 0.2) is 48.5 Å². The molecule has 0 heterocycles. The maximum absolute atomic E-state index is 12.8. The molecule has 0 saturated heterocycles. The standard InChI is InChI=1S/C16H15F3N2O2/c17-16(18,19)13-7-3-4-8-14(13)21-15(23)20-9-11-5-1-2-6-12(11)10-22/h1-8,22H,9-10H2,(H2,20,21,23). The second kappa shape index (κ2) is 7.15. The molecule has 122 valence electrons. The van der Waals surface area contributed by atoms with Crippen LogP contribution in [0.3, 0.4) is 0 Å². The molecule has 2 rings (SSSR count). The van der Waals surface area contributed by atoms with Crippen molar-refractivity contribution in [2.75, 3.05) is 5.32 Å². The topological polar surface area (TPSA) is 61.4 Å². The molecule has 4 nitrogen and oxygen atoms in total. The Hall–Kier alpha value is -2.54. The minimum atomic E-state index is -4.55. The van der Waals surface area contributed by atoms with Crippen molar-refractivity contribution in [1.29, 1.82) is 0 Å². The van der Waals surface area contributed by atoms with Gasteiger partial charge in [-0.2, -0.15) is 13.2 Å². The zero-order chi connectivity index (χ0) is 16.9. The van der Waals surface area contributed by atoms with Gasteiger partial charge in [0.1, 0.15) is 0 Å². The van der Waals surface area contributed by atoms with Crippen molar-refractivity contribution in [2.45, 2.75) is 19.3 Å². The molecule has 0 saturated carbocycles. The zero-order valence-corrected chi connectivity index (χ0v) is 12.0. The number of carbonyl (C=O) groups excluding carboxylic acids is 1. The number of benzene rings is 2. The van der Waals surface area contributed by atoms with E-state index in [1.807, 2.05) is 0 Å². The number of amides is 2. The predicted octanol–water partition coefficient (Wildman–Crippen LogP) is 3.52. The van der Waals surface area contributed by atoms with Gasteiger partial charge in [0.05, 0.1) is 17.9 Å². The van der Waals surface area contributed by atoms with Crippen molar-refractivity contribution in [3.8, 4) is 0 Å². The Morgan fingerprint density at radius 1 is 1.00 bits per heavy atom. The summed E-state index contributed by atoms with van der Waals surface area (Å²) in [6.45, 7) is -0.0901. The van der Waals surface area contributed by atoms with E-state index in [2.05, 4.69) is 10.6 Å².